The molecule has 3 heteroatoms. The molecule has 88 valence electrons. The van der Waals surface area contributed by atoms with Crippen molar-refractivity contribution in [2.75, 3.05) is 0 Å². The predicted molar refractivity (Wildman–Crippen MR) is 71.2 cm³/mol. The SMILES string of the molecule is CC(Cc1ccccc1)=NS(=O)C(C)(C)C. The molecule has 0 saturated heterocycles. The predicted octanol–water partition coefficient (Wildman–Crippen LogP) is 3.15. The summed E-state index contributed by atoms with van der Waals surface area (Å²) in [7, 11) is -1.15. The van der Waals surface area contributed by atoms with Gasteiger partial charge in [0.2, 0.25) is 0 Å². The van der Waals surface area contributed by atoms with Crippen LogP contribution in [0.3, 0.4) is 0 Å². The molecule has 0 aliphatic heterocycles. The number of rotatable bonds is 3. The largest absolute Gasteiger partial charge is 0.234 e. The Morgan fingerprint density at radius 2 is 1.81 bits per heavy atom. The first-order valence-corrected chi connectivity index (χ1v) is 6.50. The second kappa shape index (κ2) is 5.39. The van der Waals surface area contributed by atoms with Gasteiger partial charge in [0.05, 0.1) is 4.75 Å². The molecule has 0 radical (unpaired) electrons. The van der Waals surface area contributed by atoms with Crippen LogP contribution >= 0.6 is 0 Å². The van der Waals surface area contributed by atoms with Crippen molar-refractivity contribution >= 4 is 16.7 Å². The normalized spacial score (nSPS) is 14.9. The molecule has 16 heavy (non-hydrogen) atoms. The fraction of sp³-hybridized carbons (Fsp3) is 0.462. The lowest BCUT2D eigenvalue weighted by Crippen LogP contribution is -2.20. The number of hydrogen-bond acceptors (Lipinski definition) is 1. The van der Waals surface area contributed by atoms with Crippen molar-refractivity contribution in [1.29, 1.82) is 0 Å². The summed E-state index contributed by atoms with van der Waals surface area (Å²) in [6.45, 7) is 7.73. The summed E-state index contributed by atoms with van der Waals surface area (Å²) in [6, 6.07) is 10.1. The molecule has 2 nitrogen and oxygen atoms in total. The number of nitrogens with zero attached hydrogens (tertiary/aromatic N) is 1. The van der Waals surface area contributed by atoms with Gasteiger partial charge in [0.25, 0.3) is 0 Å². The van der Waals surface area contributed by atoms with Crippen molar-refractivity contribution < 1.29 is 4.21 Å². The minimum absolute atomic E-state index is 0.280. The Balaban J connectivity index is 2.70. The van der Waals surface area contributed by atoms with Crippen molar-refractivity contribution in [3.8, 4) is 0 Å². The lowest BCUT2D eigenvalue weighted by atomic mass is 10.1. The molecule has 1 rings (SSSR count). The fourth-order valence-electron chi connectivity index (χ4n) is 1.20. The molecule has 0 spiro atoms. The average molecular weight is 237 g/mol. The van der Waals surface area contributed by atoms with Crippen LogP contribution in [0.5, 0.6) is 0 Å². The van der Waals surface area contributed by atoms with E-state index >= 15 is 0 Å². The van der Waals surface area contributed by atoms with E-state index in [-0.39, 0.29) is 4.75 Å². The van der Waals surface area contributed by atoms with Gasteiger partial charge in [-0.15, -0.1) is 0 Å². The zero-order valence-electron chi connectivity index (χ0n) is 10.4. The lowest BCUT2D eigenvalue weighted by Gasteiger charge is -2.14. The van der Waals surface area contributed by atoms with Crippen LogP contribution in [0.25, 0.3) is 0 Å². The lowest BCUT2D eigenvalue weighted by molar-refractivity contribution is 0.650. The zero-order valence-corrected chi connectivity index (χ0v) is 11.2. The van der Waals surface area contributed by atoms with Gasteiger partial charge in [-0.1, -0.05) is 30.3 Å². The van der Waals surface area contributed by atoms with Crippen molar-refractivity contribution in [1.82, 2.24) is 0 Å². The highest BCUT2D eigenvalue weighted by atomic mass is 32.2. The molecule has 0 bridgehead atoms. The summed E-state index contributed by atoms with van der Waals surface area (Å²) in [5.74, 6) is 0. The Labute approximate surface area is 100 Å². The minimum atomic E-state index is -1.15. The second-order valence-electron chi connectivity index (χ2n) is 4.85. The average Bonchev–Trinajstić information content (AvgIpc) is 2.17. The Hall–Kier alpha value is -0.960. The molecule has 0 fully saturated rings. The third kappa shape index (κ3) is 4.27. The van der Waals surface area contributed by atoms with Crippen molar-refractivity contribution in [2.24, 2.45) is 4.40 Å². The molecule has 0 amide bonds. The molecular formula is C13H19NOS. The van der Waals surface area contributed by atoms with E-state index in [0.717, 1.165) is 12.1 Å². The van der Waals surface area contributed by atoms with Gasteiger partial charge in [0, 0.05) is 12.1 Å². The van der Waals surface area contributed by atoms with Gasteiger partial charge >= 0.3 is 0 Å². The standard InChI is InChI=1S/C13H19NOS/c1-11(14-16(15)13(2,3)4)10-12-8-6-5-7-9-12/h5-9H,10H2,1-4H3. The van der Waals surface area contributed by atoms with Crippen LogP contribution in [-0.2, 0) is 17.4 Å². The third-order valence-corrected chi connectivity index (χ3v) is 3.59. The Morgan fingerprint density at radius 3 is 2.31 bits per heavy atom. The molecule has 0 aromatic heterocycles. The molecule has 1 aromatic carbocycles. The summed E-state index contributed by atoms with van der Waals surface area (Å²) in [5.41, 5.74) is 2.12. The van der Waals surface area contributed by atoms with Gasteiger partial charge in [0.1, 0.15) is 11.0 Å². The Kier molecular flexibility index (Phi) is 4.42. The van der Waals surface area contributed by atoms with Crippen molar-refractivity contribution in [2.45, 2.75) is 38.9 Å². The summed E-state index contributed by atoms with van der Waals surface area (Å²) in [6.07, 6.45) is 0.767. The van der Waals surface area contributed by atoms with Gasteiger partial charge in [-0.2, -0.15) is 4.40 Å². The van der Waals surface area contributed by atoms with E-state index in [1.54, 1.807) is 0 Å². The maximum atomic E-state index is 11.8. The van der Waals surface area contributed by atoms with E-state index in [4.69, 9.17) is 0 Å². The highest BCUT2D eigenvalue weighted by molar-refractivity contribution is 7.85. The van der Waals surface area contributed by atoms with Gasteiger partial charge in [-0.05, 0) is 33.3 Å². The van der Waals surface area contributed by atoms with Crippen molar-refractivity contribution in [3.05, 3.63) is 35.9 Å². The van der Waals surface area contributed by atoms with E-state index in [1.807, 2.05) is 45.9 Å². The van der Waals surface area contributed by atoms with Crippen LogP contribution in [0, 0.1) is 0 Å². The molecule has 1 aromatic rings. The minimum Gasteiger partial charge on any atom is -0.234 e. The zero-order chi connectivity index (χ0) is 12.2. The van der Waals surface area contributed by atoms with Crippen LogP contribution in [0.15, 0.2) is 34.7 Å². The molecule has 0 saturated carbocycles. The summed E-state index contributed by atoms with van der Waals surface area (Å²) < 4.78 is 15.7. The summed E-state index contributed by atoms with van der Waals surface area (Å²) >= 11 is 0. The van der Waals surface area contributed by atoms with Gasteiger partial charge in [-0.25, -0.2) is 4.21 Å². The van der Waals surface area contributed by atoms with Gasteiger partial charge in [-0.3, -0.25) is 0 Å². The van der Waals surface area contributed by atoms with Gasteiger partial charge < -0.3 is 0 Å². The monoisotopic (exact) mass is 237 g/mol. The number of benzene rings is 1. The molecule has 0 heterocycles. The van der Waals surface area contributed by atoms with Crippen molar-refractivity contribution in [3.63, 3.8) is 0 Å². The quantitative estimate of drug-likeness (QED) is 0.743. The van der Waals surface area contributed by atoms with Crippen LogP contribution in [0.4, 0.5) is 0 Å². The molecule has 0 aliphatic carbocycles. The first-order chi connectivity index (χ1) is 7.39. The summed E-state index contributed by atoms with van der Waals surface area (Å²) in [4.78, 5) is 0. The number of hydrogen-bond donors (Lipinski definition) is 0. The smallest absolute Gasteiger partial charge is 0.144 e. The van der Waals surface area contributed by atoms with Gasteiger partial charge in [0.15, 0.2) is 0 Å². The Morgan fingerprint density at radius 1 is 1.25 bits per heavy atom. The first kappa shape index (κ1) is 13.1. The van der Waals surface area contributed by atoms with Crippen LogP contribution in [-0.4, -0.2) is 14.7 Å². The maximum Gasteiger partial charge on any atom is 0.144 e. The van der Waals surface area contributed by atoms with E-state index in [1.165, 1.54) is 5.56 Å². The highest BCUT2D eigenvalue weighted by Gasteiger charge is 2.18. The fourth-order valence-corrected chi connectivity index (χ4v) is 1.82. The molecular weight excluding hydrogens is 218 g/mol. The highest BCUT2D eigenvalue weighted by Crippen LogP contribution is 2.13. The molecule has 1 unspecified atom stereocenters. The molecule has 0 N–H and O–H groups in total. The topological polar surface area (TPSA) is 29.4 Å². The van der Waals surface area contributed by atoms with Crippen LogP contribution in [0.1, 0.15) is 33.3 Å². The van der Waals surface area contributed by atoms with E-state index in [0.29, 0.717) is 0 Å². The first-order valence-electron chi connectivity index (χ1n) is 5.39. The maximum absolute atomic E-state index is 11.8. The van der Waals surface area contributed by atoms with E-state index in [9.17, 15) is 4.21 Å². The third-order valence-electron chi connectivity index (χ3n) is 2.07. The second-order valence-corrected chi connectivity index (χ2v) is 6.76. The molecule has 1 atom stereocenters. The van der Waals surface area contributed by atoms with Crippen LogP contribution < -0.4 is 0 Å². The van der Waals surface area contributed by atoms with E-state index < -0.39 is 11.0 Å². The van der Waals surface area contributed by atoms with Crippen LogP contribution in [0.2, 0.25) is 0 Å². The van der Waals surface area contributed by atoms with E-state index in [2.05, 4.69) is 16.5 Å². The summed E-state index contributed by atoms with van der Waals surface area (Å²) in [5, 5.41) is 0. The Bertz CT molecular complexity index is 390. The molecule has 0 aliphatic rings.